The van der Waals surface area contributed by atoms with Gasteiger partial charge >= 0.3 is 26.0 Å². The lowest BCUT2D eigenvalue weighted by molar-refractivity contribution is -0.147. The van der Waals surface area contributed by atoms with Crippen LogP contribution in [0.2, 0.25) is 0 Å². The molecular weight excluding hydrogens is 617 g/mol. The Balaban J connectivity index is 1.19. The second-order valence-electron chi connectivity index (χ2n) is 10.5. The summed E-state index contributed by atoms with van der Waals surface area (Å²) in [4.78, 5) is 51.5. The van der Waals surface area contributed by atoms with Gasteiger partial charge in [0.15, 0.2) is 17.2 Å². The van der Waals surface area contributed by atoms with Crippen LogP contribution in [-0.2, 0) is 30.0 Å². The van der Waals surface area contributed by atoms with E-state index in [0.717, 1.165) is 5.56 Å². The lowest BCUT2D eigenvalue weighted by Crippen LogP contribution is -2.32. The maximum atomic E-state index is 12.7. The molecule has 46 heavy (non-hydrogen) atoms. The first kappa shape index (κ1) is 33.7. The summed E-state index contributed by atoms with van der Waals surface area (Å²) in [6.45, 7) is 6.65. The molecule has 242 valence electrons. The van der Waals surface area contributed by atoms with Gasteiger partial charge in [-0.3, -0.25) is 9.32 Å². The summed E-state index contributed by atoms with van der Waals surface area (Å²) < 4.78 is 34.0. The van der Waals surface area contributed by atoms with Crippen LogP contribution >= 0.6 is 8.03 Å². The van der Waals surface area contributed by atoms with E-state index >= 15 is 0 Å². The molecule has 4 aromatic rings. The molecule has 0 aliphatic rings. The maximum absolute atomic E-state index is 12.7. The quantitative estimate of drug-likeness (QED) is 0.107. The van der Waals surface area contributed by atoms with Crippen LogP contribution in [0.5, 0.6) is 11.8 Å². The summed E-state index contributed by atoms with van der Waals surface area (Å²) in [6.07, 6.45) is 1.13. The summed E-state index contributed by atoms with van der Waals surface area (Å²) in [5.41, 5.74) is 8.26. The van der Waals surface area contributed by atoms with Crippen molar-refractivity contribution in [2.24, 2.45) is 0 Å². The Labute approximate surface area is 265 Å². The minimum Gasteiger partial charge on any atom is -0.461 e. The lowest BCUT2D eigenvalue weighted by Gasteiger charge is -2.16. The van der Waals surface area contributed by atoms with Crippen molar-refractivity contribution in [3.63, 3.8) is 0 Å². The van der Waals surface area contributed by atoms with E-state index in [-0.39, 0.29) is 42.0 Å². The van der Waals surface area contributed by atoms with Crippen molar-refractivity contribution in [3.05, 3.63) is 66.0 Å². The fourth-order valence-electron chi connectivity index (χ4n) is 4.09. The summed E-state index contributed by atoms with van der Waals surface area (Å²) in [5.74, 6) is -1.18. The molecule has 0 aliphatic heterocycles. The lowest BCUT2D eigenvalue weighted by atomic mass is 10.1. The minimum atomic E-state index is -2.16. The summed E-state index contributed by atoms with van der Waals surface area (Å²) in [7, 11) is -2.16. The molecule has 1 unspecified atom stereocenters. The third kappa shape index (κ3) is 9.94. The smallest absolute Gasteiger partial charge is 0.461 e. The van der Waals surface area contributed by atoms with Crippen LogP contribution in [-0.4, -0.2) is 68.9 Å². The predicted molar refractivity (Wildman–Crippen MR) is 169 cm³/mol. The minimum absolute atomic E-state index is 0.0705. The van der Waals surface area contributed by atoms with Crippen LogP contribution in [0.25, 0.3) is 11.2 Å². The molecule has 3 atom stereocenters. The molecule has 0 spiro atoms. The molecule has 2 aromatic heterocycles. The van der Waals surface area contributed by atoms with Crippen LogP contribution < -0.4 is 25.6 Å². The van der Waals surface area contributed by atoms with Crippen molar-refractivity contribution in [1.82, 2.24) is 25.3 Å². The number of H-pyrrole nitrogens is 1. The molecule has 0 saturated heterocycles. The number of rotatable bonds is 15. The number of carbonyl (C=O) groups is 3. The van der Waals surface area contributed by atoms with Crippen LogP contribution in [0.4, 0.5) is 11.5 Å². The fraction of sp³-hybridized carbons (Fsp3) is 0.333. The number of nitrogens with two attached hydrogens (primary N) is 1. The van der Waals surface area contributed by atoms with Gasteiger partial charge in [-0.15, -0.1) is 0 Å². The summed E-state index contributed by atoms with van der Waals surface area (Å²) >= 11 is 0. The van der Waals surface area contributed by atoms with Gasteiger partial charge in [-0.05, 0) is 80.6 Å². The Morgan fingerprint density at radius 1 is 1.04 bits per heavy atom. The first-order chi connectivity index (χ1) is 22.0. The zero-order valence-electron chi connectivity index (χ0n) is 25.7. The van der Waals surface area contributed by atoms with Gasteiger partial charge in [0.25, 0.3) is 12.3 Å². The zero-order valence-corrected chi connectivity index (χ0v) is 26.6. The molecule has 0 aliphatic carbocycles. The highest BCUT2D eigenvalue weighted by atomic mass is 31.1. The Morgan fingerprint density at radius 3 is 2.54 bits per heavy atom. The van der Waals surface area contributed by atoms with Crippen molar-refractivity contribution in [2.75, 3.05) is 23.9 Å². The van der Waals surface area contributed by atoms with Gasteiger partial charge in [-0.2, -0.15) is 9.97 Å². The number of amides is 1. The van der Waals surface area contributed by atoms with Crippen molar-refractivity contribution in [3.8, 4) is 11.8 Å². The number of hydrogen-bond donors (Lipinski definition) is 4. The number of benzene rings is 2. The third-order valence-electron chi connectivity index (χ3n) is 6.22. The van der Waals surface area contributed by atoms with E-state index in [1.54, 1.807) is 63.2 Å². The molecule has 2 heterocycles. The van der Waals surface area contributed by atoms with E-state index in [9.17, 15) is 18.9 Å². The molecule has 0 saturated carbocycles. The van der Waals surface area contributed by atoms with Crippen LogP contribution in [0.1, 0.15) is 43.6 Å². The molecule has 5 N–H and O–H groups in total. The molecule has 2 aromatic carbocycles. The molecule has 4 rings (SSSR count). The highest BCUT2D eigenvalue weighted by Gasteiger charge is 2.22. The number of carbonyl (C=O) groups excluding carboxylic acids is 3. The van der Waals surface area contributed by atoms with Gasteiger partial charge in [-0.1, -0.05) is 12.1 Å². The van der Waals surface area contributed by atoms with E-state index in [2.05, 4.69) is 30.6 Å². The van der Waals surface area contributed by atoms with Crippen LogP contribution in [0.3, 0.4) is 0 Å². The fourth-order valence-corrected chi connectivity index (χ4v) is 4.88. The van der Waals surface area contributed by atoms with Crippen molar-refractivity contribution >= 4 is 48.5 Å². The Bertz CT molecular complexity index is 1700. The van der Waals surface area contributed by atoms with Crippen LogP contribution in [0.15, 0.2) is 54.9 Å². The number of imidazole rings is 1. The molecule has 0 radical (unpaired) electrons. The standard InChI is InChI=1S/C30H34N7O8P/c1-17(2)43-29(40)19(4)35-22-8-10-23(11-9-22)45-46(41)16-42-18(3)12-20-6-5-7-21(13-20)28(39)32-14-24(38)44-30-36-26(31)25-27(37-30)34-15-33-25/h5-11,13,15,17-19,35H,12,14,16H2,1-4H3,(H3-,31,32,33,34,36,37,39)/p+1/t18-,19+/m1/s1. The van der Waals surface area contributed by atoms with Crippen LogP contribution in [0, 0.1) is 0 Å². The maximum Gasteiger partial charge on any atom is 0.585 e. The molecule has 16 heteroatoms. The average molecular weight is 653 g/mol. The zero-order chi connectivity index (χ0) is 33.2. The number of nitrogens with one attached hydrogen (secondary N) is 3. The molecule has 15 nitrogen and oxygen atoms in total. The number of fused-ring (bicyclic) bond motifs is 1. The Morgan fingerprint density at radius 2 is 1.80 bits per heavy atom. The Hall–Kier alpha value is -5.14. The topological polar surface area (TPSA) is 210 Å². The third-order valence-corrected chi connectivity index (χ3v) is 6.99. The number of hydrogen-bond acceptors (Lipinski definition) is 13. The SMILES string of the molecule is CC(C)OC(=O)[C@H](C)Nc1ccc(O[P+](=O)CO[C@H](C)Cc2cccc(C(=O)NCC(=O)Oc3nc(N)c4[nH]cnc4n3)c2)cc1. The molecule has 1 amide bonds. The normalized spacial score (nSPS) is 12.7. The van der Waals surface area contributed by atoms with Gasteiger partial charge in [0.2, 0.25) is 0 Å². The van der Waals surface area contributed by atoms with Gasteiger partial charge in [0, 0.05) is 11.3 Å². The summed E-state index contributed by atoms with van der Waals surface area (Å²) in [6, 6.07) is 12.7. The first-order valence-corrected chi connectivity index (χ1v) is 15.7. The van der Waals surface area contributed by atoms with E-state index < -0.39 is 32.5 Å². The van der Waals surface area contributed by atoms with E-state index in [0.29, 0.717) is 28.9 Å². The largest absolute Gasteiger partial charge is 0.585 e. The number of esters is 2. The number of ether oxygens (including phenoxy) is 3. The van der Waals surface area contributed by atoms with Crippen molar-refractivity contribution in [1.29, 1.82) is 0 Å². The number of aromatic amines is 1. The average Bonchev–Trinajstić information content (AvgIpc) is 3.49. The van der Waals surface area contributed by atoms with Crippen molar-refractivity contribution in [2.45, 2.75) is 52.4 Å². The molecule has 0 fully saturated rings. The summed E-state index contributed by atoms with van der Waals surface area (Å²) in [5, 5.41) is 5.54. The van der Waals surface area contributed by atoms with Gasteiger partial charge in [0.05, 0.1) is 18.5 Å². The second-order valence-corrected chi connectivity index (χ2v) is 11.6. The van der Waals surface area contributed by atoms with Crippen molar-refractivity contribution < 1.29 is 37.7 Å². The first-order valence-electron chi connectivity index (χ1n) is 14.3. The number of nitrogen functional groups attached to an aromatic ring is 1. The monoisotopic (exact) mass is 652 g/mol. The number of nitrogens with zero attached hydrogens (tertiary/aromatic N) is 3. The van der Waals surface area contributed by atoms with Gasteiger partial charge < -0.3 is 35.6 Å². The van der Waals surface area contributed by atoms with Gasteiger partial charge in [-0.25, -0.2) is 14.6 Å². The Kier molecular flexibility index (Phi) is 11.5. The van der Waals surface area contributed by atoms with Gasteiger partial charge in [0.1, 0.15) is 18.1 Å². The van der Waals surface area contributed by atoms with E-state index in [1.807, 2.05) is 13.0 Å². The second kappa shape index (κ2) is 15.7. The highest BCUT2D eigenvalue weighted by Crippen LogP contribution is 2.29. The highest BCUT2D eigenvalue weighted by molar-refractivity contribution is 7.39. The van der Waals surface area contributed by atoms with E-state index in [4.69, 9.17) is 24.5 Å². The number of aromatic nitrogens is 4. The predicted octanol–water partition coefficient (Wildman–Crippen LogP) is 3.75. The molecule has 0 bridgehead atoms. The molecular formula is C30H35N7O8P+. The van der Waals surface area contributed by atoms with E-state index in [1.165, 1.54) is 6.33 Å². The number of anilines is 2.